The number of benzene rings is 2. The Hall–Kier alpha value is -2.90. The molecule has 0 aromatic heterocycles. The highest BCUT2D eigenvalue weighted by atomic mass is 16.5. The molecule has 7 heteroatoms. The molecule has 0 aliphatic carbocycles. The van der Waals surface area contributed by atoms with E-state index in [1.807, 2.05) is 49.4 Å². The van der Waals surface area contributed by atoms with Gasteiger partial charge in [0, 0.05) is 17.8 Å². The van der Waals surface area contributed by atoms with Gasteiger partial charge in [-0.15, -0.1) is 0 Å². The Morgan fingerprint density at radius 1 is 1.22 bits per heavy atom. The van der Waals surface area contributed by atoms with Gasteiger partial charge in [0.1, 0.15) is 11.8 Å². The fourth-order valence-corrected chi connectivity index (χ4v) is 3.79. The average Bonchev–Trinajstić information content (AvgIpc) is 3.28. The van der Waals surface area contributed by atoms with Crippen molar-refractivity contribution in [3.8, 4) is 5.75 Å². The molecule has 27 heavy (non-hydrogen) atoms. The Morgan fingerprint density at radius 3 is 2.85 bits per heavy atom. The Balaban J connectivity index is 1.55. The quantitative estimate of drug-likeness (QED) is 0.660. The molecular weight excluding hydrogens is 344 g/mol. The van der Waals surface area contributed by atoms with Crippen LogP contribution < -0.4 is 26.2 Å². The molecule has 3 unspecified atom stereocenters. The number of hydrogen-bond acceptors (Lipinski definition) is 5. The fraction of sp³-hybridized carbons (Fsp3) is 0.300. The number of aryl methyl sites for hydroxylation is 1. The van der Waals surface area contributed by atoms with Gasteiger partial charge in [0.05, 0.1) is 19.1 Å². The molecule has 4 N–H and O–H groups in total. The minimum Gasteiger partial charge on any atom is -0.497 e. The lowest BCUT2D eigenvalue weighted by atomic mass is 9.93. The number of hydrazine groups is 1. The predicted molar refractivity (Wildman–Crippen MR) is 101 cm³/mol. The van der Waals surface area contributed by atoms with Gasteiger partial charge in [0.2, 0.25) is 5.91 Å². The summed E-state index contributed by atoms with van der Waals surface area (Å²) in [6.07, 6.45) is 0. The van der Waals surface area contributed by atoms with Crippen molar-refractivity contribution in [3.63, 3.8) is 0 Å². The van der Waals surface area contributed by atoms with Crippen LogP contribution >= 0.6 is 0 Å². The first-order chi connectivity index (χ1) is 13.1. The van der Waals surface area contributed by atoms with E-state index in [0.717, 1.165) is 28.1 Å². The lowest BCUT2D eigenvalue weighted by Crippen LogP contribution is -2.39. The standard InChI is InChI=1S/C20H22N4O3/c1-11-5-3-8-15-16(11)18(20(26)22-15)23-19(25)14-10-21-24-17(14)12-6-4-7-13(9-12)27-2/h3-9,14,17-18,21,24H,10H2,1-2H3,(H,22,26)(H,23,25). The summed E-state index contributed by atoms with van der Waals surface area (Å²) in [6.45, 7) is 2.42. The monoisotopic (exact) mass is 366 g/mol. The number of carbonyl (C=O) groups is 2. The van der Waals surface area contributed by atoms with Crippen molar-refractivity contribution in [2.75, 3.05) is 19.0 Å². The maximum absolute atomic E-state index is 13.0. The molecule has 7 nitrogen and oxygen atoms in total. The summed E-state index contributed by atoms with van der Waals surface area (Å²) in [7, 11) is 1.61. The van der Waals surface area contributed by atoms with Crippen LogP contribution in [0.5, 0.6) is 5.75 Å². The van der Waals surface area contributed by atoms with Crippen molar-refractivity contribution in [2.45, 2.75) is 19.0 Å². The number of nitrogens with one attached hydrogen (secondary N) is 4. The maximum Gasteiger partial charge on any atom is 0.251 e. The van der Waals surface area contributed by atoms with Gasteiger partial charge in [-0.25, -0.2) is 5.43 Å². The molecule has 140 valence electrons. The molecule has 0 radical (unpaired) electrons. The van der Waals surface area contributed by atoms with Crippen molar-refractivity contribution >= 4 is 17.5 Å². The second kappa shape index (κ2) is 7.02. The molecule has 4 rings (SSSR count). The van der Waals surface area contributed by atoms with Crippen molar-refractivity contribution in [3.05, 3.63) is 59.2 Å². The van der Waals surface area contributed by atoms with Crippen LogP contribution in [0.15, 0.2) is 42.5 Å². The van der Waals surface area contributed by atoms with E-state index in [0.29, 0.717) is 6.54 Å². The molecule has 3 atom stereocenters. The molecule has 1 saturated heterocycles. The number of ether oxygens (including phenoxy) is 1. The summed E-state index contributed by atoms with van der Waals surface area (Å²) in [6, 6.07) is 12.4. The molecule has 2 aliphatic rings. The lowest BCUT2D eigenvalue weighted by molar-refractivity contribution is -0.129. The molecule has 1 fully saturated rings. The number of rotatable bonds is 4. The van der Waals surface area contributed by atoms with E-state index in [4.69, 9.17) is 4.74 Å². The molecule has 0 spiro atoms. The average molecular weight is 366 g/mol. The van der Waals surface area contributed by atoms with Gasteiger partial charge < -0.3 is 15.4 Å². The van der Waals surface area contributed by atoms with Gasteiger partial charge in [-0.1, -0.05) is 24.3 Å². The highest BCUT2D eigenvalue weighted by Crippen LogP contribution is 2.34. The topological polar surface area (TPSA) is 91.5 Å². The molecule has 2 aliphatic heterocycles. The molecule has 0 saturated carbocycles. The molecule has 2 amide bonds. The zero-order valence-corrected chi connectivity index (χ0v) is 15.2. The van der Waals surface area contributed by atoms with Gasteiger partial charge in [-0.2, -0.15) is 0 Å². The Labute approximate surface area is 157 Å². The van der Waals surface area contributed by atoms with Gasteiger partial charge in [0.25, 0.3) is 5.91 Å². The lowest BCUT2D eigenvalue weighted by Gasteiger charge is -2.21. The summed E-state index contributed by atoms with van der Waals surface area (Å²) in [5, 5.41) is 5.77. The maximum atomic E-state index is 13.0. The number of amides is 2. The molecule has 0 bridgehead atoms. The summed E-state index contributed by atoms with van der Waals surface area (Å²) in [5.74, 6) is 0.0131. The van der Waals surface area contributed by atoms with E-state index >= 15 is 0 Å². The second-order valence-electron chi connectivity index (χ2n) is 6.85. The van der Waals surface area contributed by atoms with Crippen LogP contribution in [0.1, 0.15) is 28.8 Å². The summed E-state index contributed by atoms with van der Waals surface area (Å²) < 4.78 is 5.28. The van der Waals surface area contributed by atoms with E-state index < -0.39 is 6.04 Å². The van der Waals surface area contributed by atoms with Gasteiger partial charge in [-0.3, -0.25) is 15.0 Å². The van der Waals surface area contributed by atoms with Gasteiger partial charge in [0.15, 0.2) is 0 Å². The first-order valence-corrected chi connectivity index (χ1v) is 8.91. The summed E-state index contributed by atoms with van der Waals surface area (Å²) in [5.41, 5.74) is 9.74. The highest BCUT2D eigenvalue weighted by molar-refractivity contribution is 6.05. The zero-order valence-electron chi connectivity index (χ0n) is 15.2. The first kappa shape index (κ1) is 17.5. The Bertz CT molecular complexity index is 899. The Morgan fingerprint density at radius 2 is 2.04 bits per heavy atom. The summed E-state index contributed by atoms with van der Waals surface area (Å²) in [4.78, 5) is 25.4. The number of methoxy groups -OCH3 is 1. The van der Waals surface area contributed by atoms with Crippen LogP contribution in [0.2, 0.25) is 0 Å². The zero-order chi connectivity index (χ0) is 19.0. The van der Waals surface area contributed by atoms with E-state index in [9.17, 15) is 9.59 Å². The van der Waals surface area contributed by atoms with E-state index in [1.54, 1.807) is 7.11 Å². The Kier molecular flexibility index (Phi) is 4.55. The minimum absolute atomic E-state index is 0.170. The van der Waals surface area contributed by atoms with Gasteiger partial charge >= 0.3 is 0 Å². The van der Waals surface area contributed by atoms with Crippen LogP contribution in [0.4, 0.5) is 5.69 Å². The number of carbonyl (C=O) groups excluding carboxylic acids is 2. The third kappa shape index (κ3) is 3.15. The van der Waals surface area contributed by atoms with Crippen molar-refractivity contribution in [1.82, 2.24) is 16.2 Å². The van der Waals surface area contributed by atoms with Crippen LogP contribution in [0.25, 0.3) is 0 Å². The fourth-order valence-electron chi connectivity index (χ4n) is 3.79. The molecule has 2 aromatic rings. The van der Waals surface area contributed by atoms with E-state index in [2.05, 4.69) is 21.5 Å². The normalized spacial score (nSPS) is 23.6. The summed E-state index contributed by atoms with van der Waals surface area (Å²) >= 11 is 0. The first-order valence-electron chi connectivity index (χ1n) is 8.91. The molecule has 2 aromatic carbocycles. The number of fused-ring (bicyclic) bond motifs is 1. The highest BCUT2D eigenvalue weighted by Gasteiger charge is 2.39. The molecular formula is C20H22N4O3. The van der Waals surface area contributed by atoms with Crippen molar-refractivity contribution in [2.24, 2.45) is 5.92 Å². The van der Waals surface area contributed by atoms with Gasteiger partial charge in [-0.05, 0) is 36.2 Å². The minimum atomic E-state index is -0.666. The largest absolute Gasteiger partial charge is 0.497 e. The van der Waals surface area contributed by atoms with Crippen LogP contribution in [-0.4, -0.2) is 25.5 Å². The third-order valence-electron chi connectivity index (χ3n) is 5.19. The third-order valence-corrected chi connectivity index (χ3v) is 5.19. The second-order valence-corrected chi connectivity index (χ2v) is 6.85. The van der Waals surface area contributed by atoms with E-state index in [1.165, 1.54) is 0 Å². The van der Waals surface area contributed by atoms with Crippen LogP contribution in [0, 0.1) is 12.8 Å². The van der Waals surface area contributed by atoms with Crippen molar-refractivity contribution < 1.29 is 14.3 Å². The van der Waals surface area contributed by atoms with E-state index in [-0.39, 0.29) is 23.8 Å². The van der Waals surface area contributed by atoms with Crippen LogP contribution in [0.3, 0.4) is 0 Å². The number of anilines is 1. The predicted octanol–water partition coefficient (Wildman–Crippen LogP) is 1.58. The smallest absolute Gasteiger partial charge is 0.251 e. The molecule has 2 heterocycles. The SMILES string of the molecule is COc1cccc(C2NNCC2C(=O)NC2C(=O)Nc3cccc(C)c32)c1. The van der Waals surface area contributed by atoms with Crippen LogP contribution in [-0.2, 0) is 9.59 Å². The van der Waals surface area contributed by atoms with Crippen molar-refractivity contribution in [1.29, 1.82) is 0 Å². The number of hydrogen-bond donors (Lipinski definition) is 4.